The molecular weight excluding hydrogens is 268 g/mol. The van der Waals surface area contributed by atoms with E-state index in [1.54, 1.807) is 0 Å². The summed E-state index contributed by atoms with van der Waals surface area (Å²) < 4.78 is 10.8. The molecule has 5 nitrogen and oxygen atoms in total. The van der Waals surface area contributed by atoms with E-state index in [1.165, 1.54) is 0 Å². The van der Waals surface area contributed by atoms with Gasteiger partial charge < -0.3 is 20.1 Å². The second-order valence-corrected chi connectivity index (χ2v) is 6.55. The Bertz CT molecular complexity index is 363. The minimum absolute atomic E-state index is 0.215. The van der Waals surface area contributed by atoms with Gasteiger partial charge >= 0.3 is 5.97 Å². The first-order valence-electron chi connectivity index (χ1n) is 8.27. The highest BCUT2D eigenvalue weighted by Gasteiger charge is 2.46. The van der Waals surface area contributed by atoms with Gasteiger partial charge in [-0.05, 0) is 59.0 Å². The van der Waals surface area contributed by atoms with Crippen molar-refractivity contribution in [2.45, 2.75) is 63.6 Å². The highest BCUT2D eigenvalue weighted by molar-refractivity contribution is 5.81. The third kappa shape index (κ3) is 3.58. The Morgan fingerprint density at radius 3 is 2.86 bits per heavy atom. The molecule has 1 aliphatic heterocycles. The molecule has 2 aliphatic rings. The Kier molecular flexibility index (Phi) is 5.63. The summed E-state index contributed by atoms with van der Waals surface area (Å²) in [7, 11) is 2.15. The van der Waals surface area contributed by atoms with Crippen molar-refractivity contribution in [3.8, 4) is 0 Å². The number of ether oxygens (including phenoxy) is 2. The van der Waals surface area contributed by atoms with Crippen LogP contribution in [0, 0.1) is 5.92 Å². The van der Waals surface area contributed by atoms with Gasteiger partial charge in [-0.1, -0.05) is 6.42 Å². The topological polar surface area (TPSA) is 64.8 Å². The predicted octanol–water partition coefficient (Wildman–Crippen LogP) is 1.55. The lowest BCUT2D eigenvalue weighted by molar-refractivity contribution is -0.151. The highest BCUT2D eigenvalue weighted by Crippen LogP contribution is 2.37. The second-order valence-electron chi connectivity index (χ2n) is 6.55. The van der Waals surface area contributed by atoms with Crippen molar-refractivity contribution in [1.29, 1.82) is 0 Å². The average molecular weight is 298 g/mol. The number of hydrogen-bond acceptors (Lipinski definition) is 5. The molecule has 122 valence electrons. The summed E-state index contributed by atoms with van der Waals surface area (Å²) in [5, 5.41) is 0. The fourth-order valence-corrected chi connectivity index (χ4v) is 3.86. The van der Waals surface area contributed by atoms with Crippen LogP contribution >= 0.6 is 0 Å². The lowest BCUT2D eigenvalue weighted by Crippen LogP contribution is -2.52. The zero-order chi connectivity index (χ0) is 15.5. The molecule has 1 heterocycles. The molecule has 1 saturated carbocycles. The fraction of sp³-hybridized carbons (Fsp3) is 0.938. The lowest BCUT2D eigenvalue weighted by atomic mass is 9.85. The third-order valence-electron chi connectivity index (χ3n) is 5.26. The molecule has 0 amide bonds. The zero-order valence-electron chi connectivity index (χ0n) is 13.6. The van der Waals surface area contributed by atoms with Gasteiger partial charge in [0.15, 0.2) is 0 Å². The highest BCUT2D eigenvalue weighted by atomic mass is 16.5. The fourth-order valence-electron chi connectivity index (χ4n) is 3.86. The minimum Gasteiger partial charge on any atom is -0.465 e. The molecule has 4 unspecified atom stereocenters. The SMILES string of the molecule is CCOC(=O)C1(N)CCCC1CCN(C)C1CCOC1C. The maximum Gasteiger partial charge on any atom is 0.326 e. The van der Waals surface area contributed by atoms with E-state index >= 15 is 0 Å². The lowest BCUT2D eigenvalue weighted by Gasteiger charge is -2.32. The molecule has 0 spiro atoms. The Balaban J connectivity index is 1.88. The summed E-state index contributed by atoms with van der Waals surface area (Å²) in [5.74, 6) is 0.0179. The van der Waals surface area contributed by atoms with Crippen LogP contribution in [0.2, 0.25) is 0 Å². The van der Waals surface area contributed by atoms with Crippen molar-refractivity contribution in [3.05, 3.63) is 0 Å². The van der Waals surface area contributed by atoms with E-state index in [9.17, 15) is 4.79 Å². The van der Waals surface area contributed by atoms with Crippen LogP contribution in [0.25, 0.3) is 0 Å². The van der Waals surface area contributed by atoms with Crippen molar-refractivity contribution >= 4 is 5.97 Å². The first-order valence-corrected chi connectivity index (χ1v) is 8.27. The zero-order valence-corrected chi connectivity index (χ0v) is 13.6. The van der Waals surface area contributed by atoms with Crippen molar-refractivity contribution in [3.63, 3.8) is 0 Å². The van der Waals surface area contributed by atoms with Crippen LogP contribution in [0.1, 0.15) is 46.0 Å². The Morgan fingerprint density at radius 1 is 1.48 bits per heavy atom. The Hall–Kier alpha value is -0.650. The first kappa shape index (κ1) is 16.7. The minimum atomic E-state index is -0.769. The quantitative estimate of drug-likeness (QED) is 0.754. The standard InChI is InChI=1S/C16H30N2O3/c1-4-20-15(19)16(17)9-5-6-13(16)7-10-18(3)14-8-11-21-12(14)2/h12-14H,4-11,17H2,1-3H3. The largest absolute Gasteiger partial charge is 0.465 e. The summed E-state index contributed by atoms with van der Waals surface area (Å²) in [6.07, 6.45) is 5.14. The number of hydrogen-bond donors (Lipinski definition) is 1. The predicted molar refractivity (Wildman–Crippen MR) is 82.0 cm³/mol. The molecular formula is C16H30N2O3. The molecule has 0 radical (unpaired) electrons. The summed E-state index contributed by atoms with van der Waals surface area (Å²) in [4.78, 5) is 14.5. The molecule has 1 saturated heterocycles. The van der Waals surface area contributed by atoms with E-state index < -0.39 is 5.54 Å². The van der Waals surface area contributed by atoms with Crippen molar-refractivity contribution in [2.75, 3.05) is 26.8 Å². The number of carbonyl (C=O) groups excluding carboxylic acids is 1. The van der Waals surface area contributed by atoms with Crippen LogP contribution in [0.4, 0.5) is 0 Å². The van der Waals surface area contributed by atoms with Gasteiger partial charge in [0.25, 0.3) is 0 Å². The van der Waals surface area contributed by atoms with Crippen LogP contribution in [-0.2, 0) is 14.3 Å². The van der Waals surface area contributed by atoms with E-state index in [4.69, 9.17) is 15.2 Å². The van der Waals surface area contributed by atoms with Gasteiger partial charge in [-0.3, -0.25) is 4.79 Å². The van der Waals surface area contributed by atoms with Crippen LogP contribution in [0.15, 0.2) is 0 Å². The maximum absolute atomic E-state index is 12.1. The van der Waals surface area contributed by atoms with Crippen LogP contribution in [0.3, 0.4) is 0 Å². The maximum atomic E-state index is 12.1. The number of carbonyl (C=O) groups is 1. The monoisotopic (exact) mass is 298 g/mol. The van der Waals surface area contributed by atoms with Crippen molar-refractivity contribution < 1.29 is 14.3 Å². The molecule has 4 atom stereocenters. The molecule has 2 N–H and O–H groups in total. The molecule has 1 aliphatic carbocycles. The van der Waals surface area contributed by atoms with E-state index in [2.05, 4.69) is 18.9 Å². The van der Waals surface area contributed by atoms with Crippen LogP contribution < -0.4 is 5.73 Å². The van der Waals surface area contributed by atoms with Gasteiger partial charge in [0, 0.05) is 12.6 Å². The van der Waals surface area contributed by atoms with Gasteiger partial charge in [-0.25, -0.2) is 0 Å². The van der Waals surface area contributed by atoms with Crippen molar-refractivity contribution in [1.82, 2.24) is 4.90 Å². The molecule has 2 fully saturated rings. The third-order valence-corrected chi connectivity index (χ3v) is 5.26. The Morgan fingerprint density at radius 2 is 2.24 bits per heavy atom. The summed E-state index contributed by atoms with van der Waals surface area (Å²) in [5.41, 5.74) is 5.61. The average Bonchev–Trinajstić information content (AvgIpc) is 3.03. The van der Waals surface area contributed by atoms with Crippen LogP contribution in [0.5, 0.6) is 0 Å². The Labute approximate surface area is 128 Å². The number of nitrogens with zero attached hydrogens (tertiary/aromatic N) is 1. The van der Waals surface area contributed by atoms with E-state index in [0.29, 0.717) is 18.8 Å². The molecule has 2 rings (SSSR count). The van der Waals surface area contributed by atoms with Gasteiger partial charge in [0.05, 0.1) is 12.7 Å². The number of rotatable bonds is 6. The normalized spacial score (nSPS) is 36.3. The number of esters is 1. The molecule has 0 aromatic heterocycles. The van der Waals surface area contributed by atoms with Gasteiger partial charge in [0.2, 0.25) is 0 Å². The van der Waals surface area contributed by atoms with E-state index in [1.807, 2.05) is 6.92 Å². The van der Waals surface area contributed by atoms with Crippen LogP contribution in [-0.4, -0.2) is 55.4 Å². The molecule has 0 aromatic carbocycles. The number of nitrogens with two attached hydrogens (primary N) is 1. The summed E-state index contributed by atoms with van der Waals surface area (Å²) in [6.45, 7) is 6.18. The number of likely N-dealkylation sites (N-methyl/N-ethyl adjacent to an activating group) is 1. The smallest absolute Gasteiger partial charge is 0.326 e. The second kappa shape index (κ2) is 7.07. The van der Waals surface area contributed by atoms with E-state index in [0.717, 1.165) is 45.3 Å². The first-order chi connectivity index (χ1) is 9.99. The summed E-state index contributed by atoms with van der Waals surface area (Å²) >= 11 is 0. The summed E-state index contributed by atoms with van der Waals surface area (Å²) in [6, 6.07) is 0.487. The van der Waals surface area contributed by atoms with E-state index in [-0.39, 0.29) is 11.9 Å². The van der Waals surface area contributed by atoms with Gasteiger partial charge in [-0.2, -0.15) is 0 Å². The van der Waals surface area contributed by atoms with Gasteiger partial charge in [-0.15, -0.1) is 0 Å². The molecule has 21 heavy (non-hydrogen) atoms. The molecule has 0 aromatic rings. The van der Waals surface area contributed by atoms with Crippen molar-refractivity contribution in [2.24, 2.45) is 11.7 Å². The molecule has 0 bridgehead atoms. The molecule has 5 heteroatoms. The van der Waals surface area contributed by atoms with Gasteiger partial charge in [0.1, 0.15) is 5.54 Å².